The Labute approximate surface area is 95.2 Å². The number of pyridine rings is 1. The molecule has 0 fully saturated rings. The zero-order chi connectivity index (χ0) is 11.2. The largest absolute Gasteiger partial charge is 0.487 e. The van der Waals surface area contributed by atoms with Crippen LogP contribution in [0.1, 0.15) is 11.3 Å². The van der Waals surface area contributed by atoms with E-state index in [9.17, 15) is 0 Å². The lowest BCUT2D eigenvalue weighted by molar-refractivity contribution is 0.305. The second kappa shape index (κ2) is 5.12. The van der Waals surface area contributed by atoms with Gasteiger partial charge >= 0.3 is 0 Å². The first-order valence-electron chi connectivity index (χ1n) is 5.14. The highest BCUT2D eigenvalue weighted by Gasteiger charge is 1.95. The van der Waals surface area contributed by atoms with Crippen molar-refractivity contribution in [1.29, 1.82) is 0 Å². The summed E-state index contributed by atoms with van der Waals surface area (Å²) in [5.41, 5.74) is 2.00. The van der Waals surface area contributed by atoms with Gasteiger partial charge in [-0.2, -0.15) is 0 Å². The molecule has 0 saturated heterocycles. The Hall–Kier alpha value is -2.09. The second-order valence-corrected chi connectivity index (χ2v) is 3.40. The van der Waals surface area contributed by atoms with Gasteiger partial charge in [-0.25, -0.2) is 0 Å². The Balaban J connectivity index is 1.97. The van der Waals surface area contributed by atoms with E-state index in [1.54, 1.807) is 12.3 Å². The van der Waals surface area contributed by atoms with E-state index in [0.717, 1.165) is 17.0 Å². The maximum atomic E-state index is 5.59. The highest BCUT2D eigenvalue weighted by atomic mass is 16.5. The predicted molar refractivity (Wildman–Crippen MR) is 65.1 cm³/mol. The summed E-state index contributed by atoms with van der Waals surface area (Å²) in [7, 11) is 0. The van der Waals surface area contributed by atoms with Gasteiger partial charge in [0, 0.05) is 0 Å². The predicted octanol–water partition coefficient (Wildman–Crippen LogP) is 3.30. The summed E-state index contributed by atoms with van der Waals surface area (Å²) in [5, 5.41) is 0. The first-order valence-corrected chi connectivity index (χ1v) is 5.14. The van der Waals surface area contributed by atoms with Gasteiger partial charge in [0.15, 0.2) is 0 Å². The van der Waals surface area contributed by atoms with Crippen LogP contribution < -0.4 is 4.74 Å². The molecule has 16 heavy (non-hydrogen) atoms. The molecule has 1 aromatic heterocycles. The molecule has 0 amide bonds. The molecule has 0 unspecified atom stereocenters. The van der Waals surface area contributed by atoms with Crippen LogP contribution in [-0.2, 0) is 6.61 Å². The van der Waals surface area contributed by atoms with Crippen molar-refractivity contribution in [1.82, 2.24) is 4.98 Å². The SMILES string of the molecule is C=Cc1ccc(OCc2ccccc2)cn1. The zero-order valence-corrected chi connectivity index (χ0v) is 8.97. The summed E-state index contributed by atoms with van der Waals surface area (Å²) in [6, 6.07) is 13.8. The Morgan fingerprint density at radius 1 is 1.12 bits per heavy atom. The van der Waals surface area contributed by atoms with Crippen molar-refractivity contribution in [2.75, 3.05) is 0 Å². The molecular formula is C14H13NO. The van der Waals surface area contributed by atoms with Crippen LogP contribution in [0.5, 0.6) is 5.75 Å². The number of hydrogen-bond donors (Lipinski definition) is 0. The van der Waals surface area contributed by atoms with E-state index in [4.69, 9.17) is 4.74 Å². The standard InChI is InChI=1S/C14H13NO/c1-2-13-8-9-14(10-15-13)16-11-12-6-4-3-5-7-12/h2-10H,1,11H2. The highest BCUT2D eigenvalue weighted by molar-refractivity contribution is 5.42. The van der Waals surface area contributed by atoms with Crippen molar-refractivity contribution >= 4 is 6.08 Å². The van der Waals surface area contributed by atoms with Gasteiger partial charge < -0.3 is 4.74 Å². The molecule has 0 aliphatic rings. The molecule has 0 aliphatic heterocycles. The summed E-state index contributed by atoms with van der Waals surface area (Å²) in [5.74, 6) is 0.773. The molecule has 2 nitrogen and oxygen atoms in total. The third-order valence-electron chi connectivity index (χ3n) is 2.22. The first-order chi connectivity index (χ1) is 7.88. The normalized spacial score (nSPS) is 9.75. The van der Waals surface area contributed by atoms with Crippen molar-refractivity contribution in [2.24, 2.45) is 0 Å². The van der Waals surface area contributed by atoms with Gasteiger partial charge in [-0.15, -0.1) is 0 Å². The fraction of sp³-hybridized carbons (Fsp3) is 0.0714. The van der Waals surface area contributed by atoms with Crippen LogP contribution in [-0.4, -0.2) is 4.98 Å². The summed E-state index contributed by atoms with van der Waals surface area (Å²) in [6.07, 6.45) is 3.42. The van der Waals surface area contributed by atoms with Crippen LogP contribution in [0.2, 0.25) is 0 Å². The number of hydrogen-bond acceptors (Lipinski definition) is 2. The number of nitrogens with zero attached hydrogens (tertiary/aromatic N) is 1. The lowest BCUT2D eigenvalue weighted by Crippen LogP contribution is -1.95. The van der Waals surface area contributed by atoms with E-state index in [0.29, 0.717) is 6.61 Å². The fourth-order valence-corrected chi connectivity index (χ4v) is 1.34. The molecule has 0 saturated carbocycles. The van der Waals surface area contributed by atoms with Crippen molar-refractivity contribution in [3.63, 3.8) is 0 Å². The van der Waals surface area contributed by atoms with Gasteiger partial charge in [0.25, 0.3) is 0 Å². The maximum Gasteiger partial charge on any atom is 0.138 e. The van der Waals surface area contributed by atoms with E-state index in [1.807, 2.05) is 42.5 Å². The van der Waals surface area contributed by atoms with Gasteiger partial charge in [0.1, 0.15) is 12.4 Å². The Morgan fingerprint density at radius 2 is 1.94 bits per heavy atom. The molecule has 0 bridgehead atoms. The minimum Gasteiger partial charge on any atom is -0.487 e. The number of rotatable bonds is 4. The molecule has 1 heterocycles. The lowest BCUT2D eigenvalue weighted by Gasteiger charge is -2.05. The third kappa shape index (κ3) is 2.70. The van der Waals surface area contributed by atoms with Crippen LogP contribution in [0.25, 0.3) is 6.08 Å². The summed E-state index contributed by atoms with van der Waals surface area (Å²) >= 11 is 0. The van der Waals surface area contributed by atoms with Crippen molar-refractivity contribution in [3.8, 4) is 5.75 Å². The molecule has 1 aromatic carbocycles. The average molecular weight is 211 g/mol. The van der Waals surface area contributed by atoms with Gasteiger partial charge in [-0.3, -0.25) is 4.98 Å². The highest BCUT2D eigenvalue weighted by Crippen LogP contribution is 2.12. The number of ether oxygens (including phenoxy) is 1. The monoisotopic (exact) mass is 211 g/mol. The van der Waals surface area contributed by atoms with E-state index < -0.39 is 0 Å². The smallest absolute Gasteiger partial charge is 0.138 e. The van der Waals surface area contributed by atoms with Crippen molar-refractivity contribution in [3.05, 3.63) is 66.5 Å². The quantitative estimate of drug-likeness (QED) is 0.774. The topological polar surface area (TPSA) is 22.1 Å². The van der Waals surface area contributed by atoms with Crippen LogP contribution in [0.4, 0.5) is 0 Å². The summed E-state index contributed by atoms with van der Waals surface area (Å²) < 4.78 is 5.59. The molecule has 80 valence electrons. The molecule has 0 atom stereocenters. The molecule has 2 heteroatoms. The second-order valence-electron chi connectivity index (χ2n) is 3.40. The molecule has 0 radical (unpaired) electrons. The van der Waals surface area contributed by atoms with Crippen LogP contribution in [0.3, 0.4) is 0 Å². The number of benzene rings is 1. The van der Waals surface area contributed by atoms with Gasteiger partial charge in [0.2, 0.25) is 0 Å². The van der Waals surface area contributed by atoms with Crippen LogP contribution in [0.15, 0.2) is 55.2 Å². The number of aromatic nitrogens is 1. The van der Waals surface area contributed by atoms with Crippen molar-refractivity contribution < 1.29 is 4.74 Å². The molecular weight excluding hydrogens is 198 g/mol. The average Bonchev–Trinajstić information content (AvgIpc) is 2.38. The van der Waals surface area contributed by atoms with Gasteiger partial charge in [-0.1, -0.05) is 36.9 Å². The zero-order valence-electron chi connectivity index (χ0n) is 8.97. The Kier molecular flexibility index (Phi) is 3.34. The van der Waals surface area contributed by atoms with Crippen LogP contribution in [0, 0.1) is 0 Å². The fourth-order valence-electron chi connectivity index (χ4n) is 1.34. The van der Waals surface area contributed by atoms with Gasteiger partial charge in [-0.05, 0) is 23.8 Å². The molecule has 0 spiro atoms. The molecule has 0 aliphatic carbocycles. The maximum absolute atomic E-state index is 5.59. The minimum absolute atomic E-state index is 0.565. The van der Waals surface area contributed by atoms with Crippen molar-refractivity contribution in [2.45, 2.75) is 6.61 Å². The summed E-state index contributed by atoms with van der Waals surface area (Å²) in [6.45, 7) is 4.22. The van der Waals surface area contributed by atoms with Gasteiger partial charge in [0.05, 0.1) is 11.9 Å². The van der Waals surface area contributed by atoms with E-state index in [2.05, 4.69) is 11.6 Å². The third-order valence-corrected chi connectivity index (χ3v) is 2.22. The minimum atomic E-state index is 0.565. The Bertz CT molecular complexity index is 448. The van der Waals surface area contributed by atoms with E-state index in [-0.39, 0.29) is 0 Å². The Morgan fingerprint density at radius 3 is 2.56 bits per heavy atom. The molecule has 2 rings (SSSR count). The lowest BCUT2D eigenvalue weighted by atomic mass is 10.2. The molecule has 0 N–H and O–H groups in total. The van der Waals surface area contributed by atoms with Crippen LogP contribution >= 0.6 is 0 Å². The first kappa shape index (κ1) is 10.4. The van der Waals surface area contributed by atoms with E-state index in [1.165, 1.54) is 0 Å². The van der Waals surface area contributed by atoms with E-state index >= 15 is 0 Å². The molecule has 2 aromatic rings. The summed E-state index contributed by atoms with van der Waals surface area (Å²) in [4.78, 5) is 4.17.